The first kappa shape index (κ1) is 12.4. The van der Waals surface area contributed by atoms with Gasteiger partial charge in [-0.15, -0.1) is 0 Å². The second-order valence-corrected chi connectivity index (χ2v) is 4.30. The number of carbonyl (C=O) groups excluding carboxylic acids is 3. The molecule has 1 aliphatic heterocycles. The maximum atomic E-state index is 12.1. The molecule has 1 fully saturated rings. The van der Waals surface area contributed by atoms with Gasteiger partial charge in [0.1, 0.15) is 13.1 Å². The van der Waals surface area contributed by atoms with Crippen molar-refractivity contribution in [3.63, 3.8) is 0 Å². The van der Waals surface area contributed by atoms with Gasteiger partial charge in [-0.1, -0.05) is 11.6 Å². The molecule has 3 amide bonds. The molecule has 0 bridgehead atoms. The van der Waals surface area contributed by atoms with Gasteiger partial charge in [0.05, 0.1) is 5.56 Å². The Morgan fingerprint density at radius 3 is 2.50 bits per heavy atom. The van der Waals surface area contributed by atoms with E-state index >= 15 is 0 Å². The summed E-state index contributed by atoms with van der Waals surface area (Å²) in [6, 6.07) is 4.47. The van der Waals surface area contributed by atoms with E-state index in [9.17, 15) is 14.4 Å². The van der Waals surface area contributed by atoms with E-state index in [1.807, 2.05) is 0 Å². The van der Waals surface area contributed by atoms with Crippen LogP contribution in [0, 0.1) is 0 Å². The Morgan fingerprint density at radius 2 is 1.89 bits per heavy atom. The van der Waals surface area contributed by atoms with Crippen molar-refractivity contribution >= 4 is 35.0 Å². The van der Waals surface area contributed by atoms with Crippen molar-refractivity contribution in [3.05, 3.63) is 28.8 Å². The van der Waals surface area contributed by atoms with E-state index in [1.54, 1.807) is 6.07 Å². The SMILES string of the molecule is Nc1ccc(Cl)cc1C(=O)N1CC(=O)NC(=O)C1. The van der Waals surface area contributed by atoms with Gasteiger partial charge < -0.3 is 10.6 Å². The van der Waals surface area contributed by atoms with Gasteiger partial charge in [-0.25, -0.2) is 0 Å². The smallest absolute Gasteiger partial charge is 0.256 e. The Balaban J connectivity index is 2.28. The average Bonchev–Trinajstić information content (AvgIpc) is 2.30. The van der Waals surface area contributed by atoms with Gasteiger partial charge in [0.15, 0.2) is 0 Å². The largest absolute Gasteiger partial charge is 0.398 e. The minimum atomic E-state index is -0.514. The predicted molar refractivity (Wildman–Crippen MR) is 64.9 cm³/mol. The van der Waals surface area contributed by atoms with Crippen molar-refractivity contribution in [1.82, 2.24) is 10.2 Å². The number of imide groups is 1. The molecule has 0 aromatic heterocycles. The average molecular weight is 268 g/mol. The summed E-state index contributed by atoms with van der Waals surface area (Å²) in [5, 5.41) is 2.47. The molecule has 1 aliphatic rings. The molecule has 3 N–H and O–H groups in total. The van der Waals surface area contributed by atoms with Gasteiger partial charge in [-0.2, -0.15) is 0 Å². The molecule has 94 valence electrons. The summed E-state index contributed by atoms with van der Waals surface area (Å²) in [4.78, 5) is 35.6. The van der Waals surface area contributed by atoms with Crippen molar-refractivity contribution < 1.29 is 14.4 Å². The molecule has 0 aliphatic carbocycles. The fourth-order valence-electron chi connectivity index (χ4n) is 1.66. The number of anilines is 1. The molecule has 1 aromatic rings. The van der Waals surface area contributed by atoms with E-state index in [2.05, 4.69) is 5.32 Å². The number of nitrogens with zero attached hydrogens (tertiary/aromatic N) is 1. The molecule has 6 nitrogen and oxygen atoms in total. The van der Waals surface area contributed by atoms with Crippen LogP contribution in [-0.2, 0) is 9.59 Å². The number of nitrogens with one attached hydrogen (secondary N) is 1. The van der Waals surface area contributed by atoms with Crippen molar-refractivity contribution in [2.45, 2.75) is 0 Å². The zero-order valence-corrected chi connectivity index (χ0v) is 10.0. The summed E-state index contributed by atoms with van der Waals surface area (Å²) in [5.41, 5.74) is 6.11. The fraction of sp³-hybridized carbons (Fsp3) is 0.182. The number of nitrogen functional groups attached to an aromatic ring is 1. The summed E-state index contributed by atoms with van der Waals surface area (Å²) in [6.45, 7) is -0.340. The molecule has 7 heteroatoms. The Kier molecular flexibility index (Phi) is 3.20. The number of nitrogens with two attached hydrogens (primary N) is 1. The molecule has 1 aromatic carbocycles. The first-order chi connectivity index (χ1) is 8.47. The highest BCUT2D eigenvalue weighted by Crippen LogP contribution is 2.19. The number of halogens is 1. The van der Waals surface area contributed by atoms with Crippen LogP contribution in [0.1, 0.15) is 10.4 Å². The zero-order valence-electron chi connectivity index (χ0n) is 9.27. The minimum Gasteiger partial charge on any atom is -0.398 e. The Bertz CT molecular complexity index is 528. The van der Waals surface area contributed by atoms with Crippen LogP contribution in [0.3, 0.4) is 0 Å². The lowest BCUT2D eigenvalue weighted by Gasteiger charge is -2.25. The van der Waals surface area contributed by atoms with Crippen LogP contribution < -0.4 is 11.1 Å². The Morgan fingerprint density at radius 1 is 1.28 bits per heavy atom. The lowest BCUT2D eigenvalue weighted by Crippen LogP contribution is -2.53. The highest BCUT2D eigenvalue weighted by Gasteiger charge is 2.28. The van der Waals surface area contributed by atoms with E-state index in [-0.39, 0.29) is 24.3 Å². The van der Waals surface area contributed by atoms with E-state index in [0.29, 0.717) is 5.02 Å². The Labute approximate surface area is 108 Å². The minimum absolute atomic E-state index is 0.170. The third-order valence-electron chi connectivity index (χ3n) is 2.48. The second-order valence-electron chi connectivity index (χ2n) is 3.86. The standard InChI is InChI=1S/C11H10ClN3O3/c12-6-1-2-8(13)7(3-6)11(18)15-4-9(16)14-10(17)5-15/h1-3H,4-5,13H2,(H,14,16,17). The maximum Gasteiger partial charge on any atom is 0.256 e. The first-order valence-electron chi connectivity index (χ1n) is 5.14. The predicted octanol–water partition coefficient (Wildman–Crippen LogP) is 0.0208. The second kappa shape index (κ2) is 4.66. The molecule has 0 radical (unpaired) electrons. The summed E-state index contributed by atoms with van der Waals surface area (Å²) in [5.74, 6) is -1.52. The third-order valence-corrected chi connectivity index (χ3v) is 2.72. The van der Waals surface area contributed by atoms with Crippen molar-refractivity contribution in [1.29, 1.82) is 0 Å². The van der Waals surface area contributed by atoms with Gasteiger partial charge in [0.25, 0.3) is 5.91 Å². The van der Waals surface area contributed by atoms with Crippen LogP contribution in [0.5, 0.6) is 0 Å². The van der Waals surface area contributed by atoms with Crippen LogP contribution in [0.15, 0.2) is 18.2 Å². The fourth-order valence-corrected chi connectivity index (χ4v) is 1.84. The summed E-state index contributed by atoms with van der Waals surface area (Å²) in [7, 11) is 0. The number of hydrogen-bond acceptors (Lipinski definition) is 4. The van der Waals surface area contributed by atoms with Gasteiger partial charge in [-0.05, 0) is 18.2 Å². The lowest BCUT2D eigenvalue weighted by atomic mass is 10.1. The van der Waals surface area contributed by atoms with Crippen LogP contribution in [-0.4, -0.2) is 35.7 Å². The molecule has 1 saturated heterocycles. The molecule has 0 atom stereocenters. The van der Waals surface area contributed by atoms with E-state index in [1.165, 1.54) is 12.1 Å². The van der Waals surface area contributed by atoms with Crippen LogP contribution in [0.2, 0.25) is 5.02 Å². The van der Waals surface area contributed by atoms with Crippen molar-refractivity contribution in [3.8, 4) is 0 Å². The molecule has 0 saturated carbocycles. The van der Waals surface area contributed by atoms with Crippen molar-refractivity contribution in [2.24, 2.45) is 0 Å². The number of piperazine rings is 1. The van der Waals surface area contributed by atoms with E-state index < -0.39 is 17.7 Å². The Hall–Kier alpha value is -2.08. The molecule has 0 unspecified atom stereocenters. The van der Waals surface area contributed by atoms with Gasteiger partial charge in [-0.3, -0.25) is 19.7 Å². The highest BCUT2D eigenvalue weighted by atomic mass is 35.5. The maximum absolute atomic E-state index is 12.1. The highest BCUT2D eigenvalue weighted by molar-refractivity contribution is 6.31. The number of carbonyl (C=O) groups is 3. The lowest BCUT2D eigenvalue weighted by molar-refractivity contribution is -0.135. The molecular weight excluding hydrogens is 258 g/mol. The van der Waals surface area contributed by atoms with Gasteiger partial charge in [0.2, 0.25) is 11.8 Å². The number of hydrogen-bond donors (Lipinski definition) is 2. The van der Waals surface area contributed by atoms with Gasteiger partial charge >= 0.3 is 0 Å². The summed E-state index contributed by atoms with van der Waals surface area (Å²) in [6.07, 6.45) is 0. The van der Waals surface area contributed by atoms with E-state index in [0.717, 1.165) is 4.90 Å². The third kappa shape index (κ3) is 2.43. The van der Waals surface area contributed by atoms with Crippen LogP contribution in [0.4, 0.5) is 5.69 Å². The monoisotopic (exact) mass is 267 g/mol. The molecule has 1 heterocycles. The zero-order chi connectivity index (χ0) is 13.3. The van der Waals surface area contributed by atoms with Crippen molar-refractivity contribution in [2.75, 3.05) is 18.8 Å². The van der Waals surface area contributed by atoms with Crippen LogP contribution >= 0.6 is 11.6 Å². The normalized spacial score (nSPS) is 15.5. The topological polar surface area (TPSA) is 92.5 Å². The first-order valence-corrected chi connectivity index (χ1v) is 5.52. The van der Waals surface area contributed by atoms with Gasteiger partial charge in [0, 0.05) is 10.7 Å². The molecular formula is C11H10ClN3O3. The summed E-state index contributed by atoms with van der Waals surface area (Å²) >= 11 is 5.78. The molecule has 2 rings (SSSR count). The quantitative estimate of drug-likeness (QED) is 0.554. The molecule has 0 spiro atoms. The van der Waals surface area contributed by atoms with E-state index in [4.69, 9.17) is 17.3 Å². The number of amides is 3. The summed E-state index contributed by atoms with van der Waals surface area (Å²) < 4.78 is 0. The molecule has 18 heavy (non-hydrogen) atoms. The van der Waals surface area contributed by atoms with Crippen LogP contribution in [0.25, 0.3) is 0 Å². The number of rotatable bonds is 1. The number of benzene rings is 1.